The Morgan fingerprint density at radius 1 is 0.793 bits per heavy atom. The zero-order valence-electron chi connectivity index (χ0n) is 15.8. The number of hydrogen-bond acceptors (Lipinski definition) is 2. The van der Waals surface area contributed by atoms with Crippen molar-refractivity contribution in [3.63, 3.8) is 0 Å². The molecule has 5 rings (SSSR count). The summed E-state index contributed by atoms with van der Waals surface area (Å²) < 4.78 is 28.6. The van der Waals surface area contributed by atoms with E-state index in [2.05, 4.69) is 9.47 Å². The van der Waals surface area contributed by atoms with Gasteiger partial charge in [-0.1, -0.05) is 24.3 Å². The van der Waals surface area contributed by atoms with E-state index in [1.165, 1.54) is 24.3 Å². The van der Waals surface area contributed by atoms with Gasteiger partial charge in [-0.05, 0) is 47.5 Å². The van der Waals surface area contributed by atoms with E-state index in [1.54, 1.807) is 24.3 Å². The molecule has 6 heteroatoms. The lowest BCUT2D eigenvalue weighted by Crippen LogP contribution is -2.49. The molecular weight excluding hydrogens is 372 g/mol. The molecule has 0 radical (unpaired) electrons. The predicted octanol–water partition coefficient (Wildman–Crippen LogP) is 3.85. The molecule has 3 aromatic rings. The van der Waals surface area contributed by atoms with Crippen LogP contribution in [0.2, 0.25) is 0 Å². The highest BCUT2D eigenvalue weighted by Crippen LogP contribution is 2.35. The highest BCUT2D eigenvalue weighted by Gasteiger charge is 2.44. The van der Waals surface area contributed by atoms with Crippen molar-refractivity contribution in [2.45, 2.75) is 25.2 Å². The second-order valence-corrected chi connectivity index (χ2v) is 7.82. The highest BCUT2D eigenvalue weighted by molar-refractivity contribution is 5.94. The second kappa shape index (κ2) is 7.12. The van der Waals surface area contributed by atoms with Gasteiger partial charge in [-0.3, -0.25) is 9.69 Å². The third-order valence-electron chi connectivity index (χ3n) is 5.94. The van der Waals surface area contributed by atoms with Crippen LogP contribution in [0.4, 0.5) is 8.78 Å². The topological polar surface area (TPSA) is 28.5 Å². The molecule has 2 atom stereocenters. The quantitative estimate of drug-likeness (QED) is 0.674. The first-order valence-electron chi connectivity index (χ1n) is 9.77. The molecule has 2 aliphatic heterocycles. The zero-order valence-corrected chi connectivity index (χ0v) is 15.8. The molecule has 0 bridgehead atoms. The fourth-order valence-corrected chi connectivity index (χ4v) is 4.54. The predicted molar refractivity (Wildman–Crippen MR) is 105 cm³/mol. The van der Waals surface area contributed by atoms with Gasteiger partial charge in [-0.2, -0.15) is 0 Å². The van der Waals surface area contributed by atoms with Gasteiger partial charge < -0.3 is 9.47 Å². The van der Waals surface area contributed by atoms with Crippen molar-refractivity contribution in [1.82, 2.24) is 14.4 Å². The van der Waals surface area contributed by atoms with Crippen LogP contribution in [0.15, 0.2) is 66.9 Å². The number of amides is 1. The number of fused-ring (bicyclic) bond motifs is 3. The number of benzene rings is 2. The third kappa shape index (κ3) is 3.34. The first kappa shape index (κ1) is 18.1. The van der Waals surface area contributed by atoms with Crippen LogP contribution in [-0.4, -0.2) is 39.4 Å². The molecule has 0 N–H and O–H groups in total. The maximum atomic E-state index is 13.3. The normalized spacial score (nSPS) is 21.3. The first-order chi connectivity index (χ1) is 14.1. The van der Waals surface area contributed by atoms with E-state index in [0.717, 1.165) is 24.2 Å². The maximum Gasteiger partial charge on any atom is 0.271 e. The Morgan fingerprint density at radius 3 is 2.03 bits per heavy atom. The molecule has 2 aliphatic rings. The molecule has 0 aliphatic carbocycles. The van der Waals surface area contributed by atoms with E-state index in [0.29, 0.717) is 18.8 Å². The summed E-state index contributed by atoms with van der Waals surface area (Å²) in [5, 5.41) is 0. The summed E-state index contributed by atoms with van der Waals surface area (Å²) in [5.74, 6) is -0.516. The van der Waals surface area contributed by atoms with Gasteiger partial charge in [0, 0.05) is 32.4 Å². The lowest BCUT2D eigenvalue weighted by molar-refractivity contribution is 0.0556. The summed E-state index contributed by atoms with van der Waals surface area (Å²) in [6.45, 7) is 2.72. The van der Waals surface area contributed by atoms with Gasteiger partial charge in [0.05, 0.1) is 12.1 Å². The van der Waals surface area contributed by atoms with Crippen molar-refractivity contribution in [2.75, 3.05) is 13.1 Å². The zero-order chi connectivity index (χ0) is 20.0. The minimum atomic E-state index is -0.281. The number of carbonyl (C=O) groups excluding carboxylic acids is 1. The summed E-state index contributed by atoms with van der Waals surface area (Å²) in [6.07, 6.45) is 1.97. The largest absolute Gasteiger partial charge is 0.337 e. The van der Waals surface area contributed by atoms with E-state index in [9.17, 15) is 13.6 Å². The standard InChI is InChI=1S/C23H21F2N3O/c24-18-7-3-16(4-8-18)12-26-14-21-22(15-26)28(13-17-5-9-19(25)10-6-17)23(29)20-2-1-11-27(20)21/h1-11,21-22H,12-15H2/t21-,22+/m0/s1. The Morgan fingerprint density at radius 2 is 1.38 bits per heavy atom. The fraction of sp³-hybridized carbons (Fsp3) is 0.261. The van der Waals surface area contributed by atoms with Crippen LogP contribution in [0.1, 0.15) is 27.7 Å². The Bertz CT molecular complexity index is 1030. The van der Waals surface area contributed by atoms with Crippen LogP contribution < -0.4 is 0 Å². The van der Waals surface area contributed by atoms with E-state index < -0.39 is 0 Å². The minimum Gasteiger partial charge on any atom is -0.337 e. The van der Waals surface area contributed by atoms with Gasteiger partial charge in [0.2, 0.25) is 0 Å². The van der Waals surface area contributed by atoms with Crippen LogP contribution in [0.5, 0.6) is 0 Å². The average Bonchev–Trinajstić information content (AvgIpc) is 3.35. The Labute approximate surface area is 168 Å². The van der Waals surface area contributed by atoms with Crippen molar-refractivity contribution in [2.24, 2.45) is 0 Å². The van der Waals surface area contributed by atoms with Gasteiger partial charge >= 0.3 is 0 Å². The Hall–Kier alpha value is -2.99. The van der Waals surface area contributed by atoms with Crippen LogP contribution in [0.25, 0.3) is 0 Å². The van der Waals surface area contributed by atoms with Crippen molar-refractivity contribution >= 4 is 5.91 Å². The smallest absolute Gasteiger partial charge is 0.271 e. The molecule has 4 nitrogen and oxygen atoms in total. The van der Waals surface area contributed by atoms with Crippen LogP contribution in [0.3, 0.4) is 0 Å². The van der Waals surface area contributed by atoms with E-state index >= 15 is 0 Å². The first-order valence-corrected chi connectivity index (χ1v) is 9.77. The van der Waals surface area contributed by atoms with Gasteiger partial charge in [0.1, 0.15) is 17.3 Å². The number of hydrogen-bond donors (Lipinski definition) is 0. The summed E-state index contributed by atoms with van der Waals surface area (Å²) in [4.78, 5) is 17.4. The number of carbonyl (C=O) groups is 1. The molecule has 1 aromatic heterocycles. The molecule has 0 unspecified atom stereocenters. The number of rotatable bonds is 4. The molecule has 2 aromatic carbocycles. The monoisotopic (exact) mass is 393 g/mol. The lowest BCUT2D eigenvalue weighted by atomic mass is 10.0. The van der Waals surface area contributed by atoms with Crippen molar-refractivity contribution < 1.29 is 13.6 Å². The van der Waals surface area contributed by atoms with Gasteiger partial charge in [-0.25, -0.2) is 8.78 Å². The minimum absolute atomic E-state index is 0.00390. The number of aromatic nitrogens is 1. The van der Waals surface area contributed by atoms with Gasteiger partial charge in [-0.15, -0.1) is 0 Å². The number of likely N-dealkylation sites (tertiary alicyclic amines) is 1. The van der Waals surface area contributed by atoms with Crippen molar-refractivity contribution in [1.29, 1.82) is 0 Å². The fourth-order valence-electron chi connectivity index (χ4n) is 4.54. The third-order valence-corrected chi connectivity index (χ3v) is 5.94. The van der Waals surface area contributed by atoms with Gasteiger partial charge in [0.25, 0.3) is 5.91 Å². The van der Waals surface area contributed by atoms with E-state index in [4.69, 9.17) is 0 Å². The van der Waals surface area contributed by atoms with Crippen molar-refractivity contribution in [3.8, 4) is 0 Å². The molecular formula is C23H21F2N3O. The lowest BCUT2D eigenvalue weighted by Gasteiger charge is -2.38. The Kier molecular flexibility index (Phi) is 4.43. The molecule has 29 heavy (non-hydrogen) atoms. The summed E-state index contributed by atoms with van der Waals surface area (Å²) in [7, 11) is 0. The molecule has 0 saturated carbocycles. The van der Waals surface area contributed by atoms with Crippen molar-refractivity contribution in [3.05, 3.63) is 95.3 Å². The van der Waals surface area contributed by atoms with E-state index in [1.807, 2.05) is 23.2 Å². The Balaban J connectivity index is 1.41. The van der Waals surface area contributed by atoms with E-state index in [-0.39, 0.29) is 29.6 Å². The SMILES string of the molecule is O=C1c2cccn2[C@H]2CN(Cc3ccc(F)cc3)C[C@H]2N1Cc1ccc(F)cc1. The second-order valence-electron chi connectivity index (χ2n) is 7.82. The summed E-state index contributed by atoms with van der Waals surface area (Å²) in [5.41, 5.74) is 2.65. The molecule has 3 heterocycles. The van der Waals surface area contributed by atoms with Crippen LogP contribution in [-0.2, 0) is 13.1 Å². The van der Waals surface area contributed by atoms with Gasteiger partial charge in [0.15, 0.2) is 0 Å². The molecule has 1 saturated heterocycles. The summed E-state index contributed by atoms with van der Waals surface area (Å²) >= 11 is 0. The van der Waals surface area contributed by atoms with Crippen LogP contribution in [0, 0.1) is 11.6 Å². The molecule has 148 valence electrons. The molecule has 0 spiro atoms. The summed E-state index contributed by atoms with van der Waals surface area (Å²) in [6, 6.07) is 16.9. The number of nitrogens with zero attached hydrogens (tertiary/aromatic N) is 3. The highest BCUT2D eigenvalue weighted by atomic mass is 19.1. The van der Waals surface area contributed by atoms with Crippen LogP contribution >= 0.6 is 0 Å². The number of halogens is 2. The maximum absolute atomic E-state index is 13.3. The molecule has 1 fully saturated rings. The average molecular weight is 393 g/mol. The molecule has 1 amide bonds.